The van der Waals surface area contributed by atoms with Crippen molar-refractivity contribution < 1.29 is 8.42 Å². The average molecular weight is 275 g/mol. The minimum atomic E-state index is -3.08. The van der Waals surface area contributed by atoms with Crippen molar-refractivity contribution in [3.8, 4) is 0 Å². The Balaban J connectivity index is 2.67. The first-order valence-corrected chi connectivity index (χ1v) is 6.64. The first kappa shape index (κ1) is 11.5. The number of halogens is 1. The number of hydrogen-bond acceptors (Lipinski definition) is 2. The third-order valence-corrected chi connectivity index (χ3v) is 3.59. The van der Waals surface area contributed by atoms with E-state index < -0.39 is 9.84 Å². The summed E-state index contributed by atoms with van der Waals surface area (Å²) in [7, 11) is -3.08. The first-order valence-electron chi connectivity index (χ1n) is 4.13. The molecule has 4 heteroatoms. The average Bonchev–Trinajstić information content (AvgIpc) is 2.15. The Morgan fingerprint density at radius 3 is 2.71 bits per heavy atom. The van der Waals surface area contributed by atoms with E-state index in [-0.39, 0.29) is 5.75 Å². The van der Waals surface area contributed by atoms with Gasteiger partial charge in [-0.15, -0.1) is 0 Å². The van der Waals surface area contributed by atoms with Gasteiger partial charge in [-0.05, 0) is 24.1 Å². The standard InChI is InChI=1S/C10H11BrO2S/c1-2-14(12,13)7-6-9-4-3-5-10(11)8-9/h2-5,8H,1,6-7H2. The molecule has 0 heterocycles. The van der Waals surface area contributed by atoms with Crippen LogP contribution in [0.3, 0.4) is 0 Å². The maximum Gasteiger partial charge on any atom is 0.171 e. The molecule has 0 N–H and O–H groups in total. The minimum Gasteiger partial charge on any atom is -0.224 e. The van der Waals surface area contributed by atoms with E-state index in [0.717, 1.165) is 15.4 Å². The van der Waals surface area contributed by atoms with E-state index in [9.17, 15) is 8.42 Å². The third kappa shape index (κ3) is 3.64. The highest BCUT2D eigenvalue weighted by Crippen LogP contribution is 2.12. The second kappa shape index (κ2) is 4.75. The molecule has 0 saturated heterocycles. The van der Waals surface area contributed by atoms with Crippen LogP contribution in [0.2, 0.25) is 0 Å². The summed E-state index contributed by atoms with van der Waals surface area (Å²) in [6.45, 7) is 3.26. The molecule has 0 spiro atoms. The van der Waals surface area contributed by atoms with Gasteiger partial charge >= 0.3 is 0 Å². The SMILES string of the molecule is C=CS(=O)(=O)CCc1cccc(Br)c1. The van der Waals surface area contributed by atoms with Crippen LogP contribution in [0.5, 0.6) is 0 Å². The monoisotopic (exact) mass is 274 g/mol. The number of rotatable bonds is 4. The second-order valence-corrected chi connectivity index (χ2v) is 5.90. The highest BCUT2D eigenvalue weighted by atomic mass is 79.9. The van der Waals surface area contributed by atoms with Crippen molar-refractivity contribution in [2.75, 3.05) is 5.75 Å². The van der Waals surface area contributed by atoms with Gasteiger partial charge in [-0.25, -0.2) is 8.42 Å². The van der Waals surface area contributed by atoms with Gasteiger partial charge in [0.25, 0.3) is 0 Å². The predicted molar refractivity (Wildman–Crippen MR) is 61.8 cm³/mol. The van der Waals surface area contributed by atoms with Gasteiger partial charge in [0.1, 0.15) is 0 Å². The fraction of sp³-hybridized carbons (Fsp3) is 0.200. The van der Waals surface area contributed by atoms with Gasteiger partial charge in [0.15, 0.2) is 9.84 Å². The zero-order valence-corrected chi connectivity index (χ0v) is 10.0. The first-order chi connectivity index (χ1) is 6.53. The lowest BCUT2D eigenvalue weighted by molar-refractivity contribution is 0.604. The molecule has 14 heavy (non-hydrogen) atoms. The highest BCUT2D eigenvalue weighted by Gasteiger charge is 2.05. The van der Waals surface area contributed by atoms with Crippen LogP contribution in [0.1, 0.15) is 5.56 Å². The van der Waals surface area contributed by atoms with E-state index in [4.69, 9.17) is 0 Å². The molecule has 0 aromatic heterocycles. The van der Waals surface area contributed by atoms with E-state index in [2.05, 4.69) is 22.5 Å². The number of aryl methyl sites for hydroxylation is 1. The van der Waals surface area contributed by atoms with Gasteiger partial charge in [0.2, 0.25) is 0 Å². The van der Waals surface area contributed by atoms with Crippen LogP contribution in [0.4, 0.5) is 0 Å². The van der Waals surface area contributed by atoms with E-state index in [0.29, 0.717) is 6.42 Å². The van der Waals surface area contributed by atoms with Crippen LogP contribution >= 0.6 is 15.9 Å². The molecule has 0 saturated carbocycles. The van der Waals surface area contributed by atoms with Crippen LogP contribution in [0, 0.1) is 0 Å². The van der Waals surface area contributed by atoms with E-state index in [1.54, 1.807) is 0 Å². The molecule has 0 aliphatic rings. The molecule has 2 nitrogen and oxygen atoms in total. The Morgan fingerprint density at radius 1 is 1.43 bits per heavy atom. The molecule has 0 fully saturated rings. The molecule has 0 unspecified atom stereocenters. The highest BCUT2D eigenvalue weighted by molar-refractivity contribution is 9.10. The lowest BCUT2D eigenvalue weighted by Crippen LogP contribution is -2.04. The lowest BCUT2D eigenvalue weighted by Gasteiger charge is -2.00. The maximum atomic E-state index is 11.1. The van der Waals surface area contributed by atoms with Crippen LogP contribution in [-0.2, 0) is 16.3 Å². The van der Waals surface area contributed by atoms with Crippen LogP contribution < -0.4 is 0 Å². The van der Waals surface area contributed by atoms with Gasteiger partial charge in [-0.3, -0.25) is 0 Å². The molecule has 0 aliphatic heterocycles. The zero-order chi connectivity index (χ0) is 10.6. The molecule has 0 amide bonds. The quantitative estimate of drug-likeness (QED) is 0.846. The fourth-order valence-electron chi connectivity index (χ4n) is 1.04. The molecule has 76 valence electrons. The third-order valence-electron chi connectivity index (χ3n) is 1.82. The Morgan fingerprint density at radius 2 is 2.14 bits per heavy atom. The van der Waals surface area contributed by atoms with Gasteiger partial charge in [-0.1, -0.05) is 34.6 Å². The van der Waals surface area contributed by atoms with E-state index in [1.165, 1.54) is 0 Å². The molecule has 1 rings (SSSR count). The van der Waals surface area contributed by atoms with Gasteiger partial charge in [0, 0.05) is 9.88 Å². The lowest BCUT2D eigenvalue weighted by atomic mass is 10.2. The number of benzene rings is 1. The summed E-state index contributed by atoms with van der Waals surface area (Å²) in [5.74, 6) is 0.118. The fourth-order valence-corrected chi connectivity index (χ4v) is 2.17. The predicted octanol–water partition coefficient (Wildman–Crippen LogP) is 2.55. The molecule has 0 bridgehead atoms. The summed E-state index contributed by atoms with van der Waals surface area (Å²) in [4.78, 5) is 0. The summed E-state index contributed by atoms with van der Waals surface area (Å²) in [6.07, 6.45) is 0.522. The smallest absolute Gasteiger partial charge is 0.171 e. The summed E-state index contributed by atoms with van der Waals surface area (Å²) < 4.78 is 23.2. The normalized spacial score (nSPS) is 11.2. The van der Waals surface area contributed by atoms with Crippen molar-refractivity contribution in [1.29, 1.82) is 0 Å². The molecule has 1 aromatic carbocycles. The van der Waals surface area contributed by atoms with Crippen molar-refractivity contribution in [2.24, 2.45) is 0 Å². The second-order valence-electron chi connectivity index (χ2n) is 2.91. The summed E-state index contributed by atoms with van der Waals surface area (Å²) in [5, 5.41) is 1.00. The Labute approximate surface area is 92.7 Å². The molecular formula is C10H11BrO2S. The van der Waals surface area contributed by atoms with Crippen molar-refractivity contribution in [3.05, 3.63) is 46.3 Å². The Bertz CT molecular complexity index is 424. The van der Waals surface area contributed by atoms with Crippen LogP contribution in [-0.4, -0.2) is 14.2 Å². The minimum absolute atomic E-state index is 0.118. The van der Waals surface area contributed by atoms with Gasteiger partial charge < -0.3 is 0 Å². The Hall–Kier alpha value is -0.610. The van der Waals surface area contributed by atoms with Crippen molar-refractivity contribution in [2.45, 2.75) is 6.42 Å². The van der Waals surface area contributed by atoms with E-state index >= 15 is 0 Å². The zero-order valence-electron chi connectivity index (χ0n) is 7.61. The van der Waals surface area contributed by atoms with Crippen LogP contribution in [0.25, 0.3) is 0 Å². The van der Waals surface area contributed by atoms with E-state index in [1.807, 2.05) is 24.3 Å². The van der Waals surface area contributed by atoms with Crippen molar-refractivity contribution in [3.63, 3.8) is 0 Å². The number of sulfone groups is 1. The molecule has 0 aliphatic carbocycles. The van der Waals surface area contributed by atoms with Crippen molar-refractivity contribution in [1.82, 2.24) is 0 Å². The molecule has 0 radical (unpaired) electrons. The topological polar surface area (TPSA) is 34.1 Å². The summed E-state index contributed by atoms with van der Waals surface area (Å²) >= 11 is 3.33. The van der Waals surface area contributed by atoms with Gasteiger partial charge in [-0.2, -0.15) is 0 Å². The molecule has 0 atom stereocenters. The Kier molecular flexibility index (Phi) is 3.89. The largest absolute Gasteiger partial charge is 0.224 e. The van der Waals surface area contributed by atoms with Crippen LogP contribution in [0.15, 0.2) is 40.7 Å². The maximum absolute atomic E-state index is 11.1. The van der Waals surface area contributed by atoms with Gasteiger partial charge in [0.05, 0.1) is 5.75 Å². The molecule has 1 aromatic rings. The summed E-state index contributed by atoms with van der Waals surface area (Å²) in [6, 6.07) is 7.62. The van der Waals surface area contributed by atoms with Crippen molar-refractivity contribution >= 4 is 25.8 Å². The number of hydrogen-bond donors (Lipinski definition) is 0. The molecular weight excluding hydrogens is 264 g/mol. The summed E-state index contributed by atoms with van der Waals surface area (Å²) in [5.41, 5.74) is 1.00.